The Hall–Kier alpha value is -3.54. The number of nitrogens with one attached hydrogen (secondary N) is 1. The molecule has 0 saturated carbocycles. The first-order valence-corrected chi connectivity index (χ1v) is 14.5. The van der Waals surface area contributed by atoms with Gasteiger partial charge >= 0.3 is 0 Å². The van der Waals surface area contributed by atoms with Crippen molar-refractivity contribution in [2.24, 2.45) is 4.99 Å². The van der Waals surface area contributed by atoms with Crippen molar-refractivity contribution >= 4 is 53.9 Å². The highest BCUT2D eigenvalue weighted by Gasteiger charge is 2.22. The van der Waals surface area contributed by atoms with Gasteiger partial charge in [0.2, 0.25) is 16.8 Å². The minimum Gasteiger partial charge on any atom is -0.494 e. The fourth-order valence-corrected chi connectivity index (χ4v) is 5.58. The van der Waals surface area contributed by atoms with Crippen LogP contribution in [0.4, 0.5) is 11.4 Å². The van der Waals surface area contributed by atoms with Gasteiger partial charge in [0, 0.05) is 28.5 Å². The van der Waals surface area contributed by atoms with Crippen LogP contribution in [0.2, 0.25) is 0 Å². The molecule has 4 aromatic rings. The number of aromatic amines is 1. The highest BCUT2D eigenvalue weighted by Crippen LogP contribution is 2.37. The van der Waals surface area contributed by atoms with Gasteiger partial charge in [-0.25, -0.2) is 13.4 Å². The molecule has 2 N–H and O–H groups in total. The second kappa shape index (κ2) is 10.3. The summed E-state index contributed by atoms with van der Waals surface area (Å²) in [6.07, 6.45) is 1.20. The van der Waals surface area contributed by atoms with Crippen molar-refractivity contribution in [3.8, 4) is 17.4 Å². The fraction of sp³-hybridized carbons (Fsp3) is 0.222. The standard InChI is InChI=1S/C27H27BrN4O5S/c1-31(2)12-13-32(38(3,34)35)20-8-6-19(7-9-20)29-26(17-4-11-23-24(14-17)37-16-36-23)25-21-10-5-18(28)15-22(21)30-27(25)33/h4-11,14-15,30,33H,12-13,16H2,1-3H3. The molecule has 198 valence electrons. The highest BCUT2D eigenvalue weighted by atomic mass is 79.9. The number of ether oxygens (including phenoxy) is 2. The molecule has 0 amide bonds. The molecule has 0 radical (unpaired) electrons. The van der Waals surface area contributed by atoms with E-state index in [2.05, 4.69) is 20.9 Å². The summed E-state index contributed by atoms with van der Waals surface area (Å²) in [5.74, 6) is 1.22. The van der Waals surface area contributed by atoms with Crippen molar-refractivity contribution in [3.05, 3.63) is 76.3 Å². The van der Waals surface area contributed by atoms with Crippen LogP contribution in [0.3, 0.4) is 0 Å². The Kier molecular flexibility index (Phi) is 7.08. The third kappa shape index (κ3) is 5.35. The zero-order valence-electron chi connectivity index (χ0n) is 21.1. The monoisotopic (exact) mass is 598 g/mol. The van der Waals surface area contributed by atoms with E-state index in [1.54, 1.807) is 24.3 Å². The lowest BCUT2D eigenvalue weighted by atomic mass is 10.00. The van der Waals surface area contributed by atoms with Crippen LogP contribution in [0.1, 0.15) is 11.1 Å². The van der Waals surface area contributed by atoms with Gasteiger partial charge in [-0.15, -0.1) is 0 Å². The SMILES string of the molecule is CN(C)CCN(c1ccc(N=C(c2ccc3c(c2)OCO3)c2c(O)[nH]c3cc(Br)ccc23)cc1)S(C)(=O)=O. The molecule has 3 aromatic carbocycles. The number of benzene rings is 3. The van der Waals surface area contributed by atoms with Gasteiger partial charge in [-0.05, 0) is 68.7 Å². The summed E-state index contributed by atoms with van der Waals surface area (Å²) in [7, 11) is 0.332. The second-order valence-corrected chi connectivity index (χ2v) is 12.0. The van der Waals surface area contributed by atoms with Crippen LogP contribution in [-0.4, -0.2) is 69.4 Å². The van der Waals surface area contributed by atoms with Gasteiger partial charge in [-0.3, -0.25) is 4.31 Å². The number of aromatic hydroxyl groups is 1. The molecular formula is C27H27BrN4O5S. The number of sulfonamides is 1. The van der Waals surface area contributed by atoms with Crippen molar-refractivity contribution in [1.82, 2.24) is 9.88 Å². The minimum atomic E-state index is -3.46. The van der Waals surface area contributed by atoms with Crippen LogP contribution in [0, 0.1) is 0 Å². The number of aliphatic imine (C=N–C) groups is 1. The van der Waals surface area contributed by atoms with Crippen LogP contribution in [0.15, 0.2) is 70.1 Å². The number of halogens is 1. The van der Waals surface area contributed by atoms with E-state index >= 15 is 0 Å². The summed E-state index contributed by atoms with van der Waals surface area (Å²) in [5, 5.41) is 11.8. The largest absolute Gasteiger partial charge is 0.494 e. The quantitative estimate of drug-likeness (QED) is 0.280. The van der Waals surface area contributed by atoms with Gasteiger partial charge in [-0.1, -0.05) is 22.0 Å². The van der Waals surface area contributed by atoms with Crippen molar-refractivity contribution in [2.75, 3.05) is 44.5 Å². The third-order valence-electron chi connectivity index (χ3n) is 6.15. The number of hydrogen-bond acceptors (Lipinski definition) is 7. The van der Waals surface area contributed by atoms with E-state index < -0.39 is 10.0 Å². The topological polar surface area (TPSA) is 107 Å². The van der Waals surface area contributed by atoms with Gasteiger partial charge < -0.3 is 24.5 Å². The van der Waals surface area contributed by atoms with Crippen LogP contribution in [0.25, 0.3) is 10.9 Å². The van der Waals surface area contributed by atoms with E-state index in [0.717, 1.165) is 20.9 Å². The molecule has 0 spiro atoms. The number of anilines is 1. The third-order valence-corrected chi connectivity index (χ3v) is 7.84. The van der Waals surface area contributed by atoms with Gasteiger partial charge in [-0.2, -0.15) is 0 Å². The zero-order chi connectivity index (χ0) is 27.0. The van der Waals surface area contributed by atoms with Crippen LogP contribution >= 0.6 is 15.9 Å². The van der Waals surface area contributed by atoms with Crippen LogP contribution in [-0.2, 0) is 10.0 Å². The molecule has 9 nitrogen and oxygen atoms in total. The van der Waals surface area contributed by atoms with E-state index in [-0.39, 0.29) is 12.7 Å². The molecule has 11 heteroatoms. The molecule has 0 saturated heterocycles. The molecule has 38 heavy (non-hydrogen) atoms. The number of H-pyrrole nitrogens is 1. The smallest absolute Gasteiger partial charge is 0.232 e. The fourth-order valence-electron chi connectivity index (χ4n) is 4.30. The summed E-state index contributed by atoms with van der Waals surface area (Å²) >= 11 is 3.48. The number of fused-ring (bicyclic) bond motifs is 2. The number of likely N-dealkylation sites (N-methyl/N-ethyl adjacent to an activating group) is 1. The van der Waals surface area contributed by atoms with Crippen molar-refractivity contribution in [2.45, 2.75) is 0 Å². The number of nitrogens with zero attached hydrogens (tertiary/aromatic N) is 3. The Morgan fingerprint density at radius 2 is 1.76 bits per heavy atom. The molecule has 0 atom stereocenters. The minimum absolute atomic E-state index is 0.0157. The van der Waals surface area contributed by atoms with E-state index in [1.165, 1.54) is 10.6 Å². The van der Waals surface area contributed by atoms with Crippen molar-refractivity contribution in [1.29, 1.82) is 0 Å². The van der Waals surface area contributed by atoms with Gasteiger partial charge in [0.25, 0.3) is 0 Å². The maximum Gasteiger partial charge on any atom is 0.232 e. The van der Waals surface area contributed by atoms with E-state index in [0.29, 0.717) is 47.2 Å². The molecule has 0 bridgehead atoms. The summed E-state index contributed by atoms with van der Waals surface area (Å²) in [4.78, 5) is 9.88. The normalized spacial score (nSPS) is 13.4. The lowest BCUT2D eigenvalue weighted by molar-refractivity contribution is 0.174. The summed E-state index contributed by atoms with van der Waals surface area (Å²) in [5.41, 5.74) is 3.68. The molecule has 1 aliphatic heterocycles. The summed E-state index contributed by atoms with van der Waals surface area (Å²) in [6.45, 7) is 1.05. The molecule has 2 heterocycles. The maximum absolute atomic E-state index is 12.4. The average Bonchev–Trinajstić information content (AvgIpc) is 3.45. The lowest BCUT2D eigenvalue weighted by Crippen LogP contribution is -2.35. The lowest BCUT2D eigenvalue weighted by Gasteiger charge is -2.24. The number of hydrogen-bond donors (Lipinski definition) is 2. The molecular weight excluding hydrogens is 572 g/mol. The number of rotatable bonds is 8. The predicted molar refractivity (Wildman–Crippen MR) is 153 cm³/mol. The molecule has 0 aliphatic carbocycles. The van der Waals surface area contributed by atoms with Crippen LogP contribution < -0.4 is 13.8 Å². The molecule has 0 fully saturated rings. The van der Waals surface area contributed by atoms with Gasteiger partial charge in [0.05, 0.1) is 34.4 Å². The highest BCUT2D eigenvalue weighted by molar-refractivity contribution is 9.10. The first kappa shape index (κ1) is 26.1. The predicted octanol–water partition coefficient (Wildman–Crippen LogP) is 4.86. The summed E-state index contributed by atoms with van der Waals surface area (Å²) < 4.78 is 38.2. The first-order chi connectivity index (χ1) is 18.1. The Labute approximate surface area is 229 Å². The van der Waals surface area contributed by atoms with Gasteiger partial charge in [0.1, 0.15) is 0 Å². The van der Waals surface area contributed by atoms with Crippen LogP contribution in [0.5, 0.6) is 17.4 Å². The summed E-state index contributed by atoms with van der Waals surface area (Å²) in [6, 6.07) is 18.2. The molecule has 1 aromatic heterocycles. The van der Waals surface area contributed by atoms with Gasteiger partial charge in [0.15, 0.2) is 17.4 Å². The number of aromatic nitrogens is 1. The maximum atomic E-state index is 12.4. The van der Waals surface area contributed by atoms with E-state index in [9.17, 15) is 13.5 Å². The molecule has 5 rings (SSSR count). The Morgan fingerprint density at radius 3 is 2.47 bits per heavy atom. The molecule has 1 aliphatic rings. The second-order valence-electron chi connectivity index (χ2n) is 9.22. The van der Waals surface area contributed by atoms with E-state index in [4.69, 9.17) is 14.5 Å². The first-order valence-electron chi connectivity index (χ1n) is 11.8. The average molecular weight is 600 g/mol. The van der Waals surface area contributed by atoms with Crippen molar-refractivity contribution in [3.63, 3.8) is 0 Å². The molecule has 0 unspecified atom stereocenters. The Morgan fingerprint density at radius 1 is 1.03 bits per heavy atom. The van der Waals surface area contributed by atoms with E-state index in [1.807, 2.05) is 55.4 Å². The Balaban J connectivity index is 1.61. The zero-order valence-corrected chi connectivity index (χ0v) is 23.5. The Bertz CT molecular complexity index is 1630. The van der Waals surface area contributed by atoms with Crippen molar-refractivity contribution < 1.29 is 23.0 Å².